The lowest BCUT2D eigenvalue weighted by Gasteiger charge is -2.46. The number of ether oxygens (including phenoxy) is 1. The van der Waals surface area contributed by atoms with Crippen molar-refractivity contribution in [3.8, 4) is 0 Å². The van der Waals surface area contributed by atoms with Crippen LogP contribution in [0.3, 0.4) is 0 Å². The van der Waals surface area contributed by atoms with E-state index in [4.69, 9.17) is 10.5 Å². The van der Waals surface area contributed by atoms with Crippen molar-refractivity contribution in [2.24, 2.45) is 17.6 Å². The zero-order chi connectivity index (χ0) is 21.3. The second-order valence-corrected chi connectivity index (χ2v) is 10.1. The van der Waals surface area contributed by atoms with E-state index in [9.17, 15) is 24.6 Å². The number of carbonyl (C=O) groups is 3. The van der Waals surface area contributed by atoms with E-state index in [1.807, 2.05) is 6.92 Å². The number of amides is 2. The minimum atomic E-state index is -1.09. The Bertz CT molecular complexity index is 716. The molecule has 2 fully saturated rings. The Balaban J connectivity index is 1.56. The molecule has 162 valence electrons. The summed E-state index contributed by atoms with van der Waals surface area (Å²) in [6.45, 7) is 4.56. The predicted molar refractivity (Wildman–Crippen MR) is 110 cm³/mol. The fourth-order valence-electron chi connectivity index (χ4n) is 4.28. The molecule has 1 unspecified atom stereocenters. The van der Waals surface area contributed by atoms with Gasteiger partial charge in [-0.1, -0.05) is 6.92 Å². The van der Waals surface area contributed by atoms with Gasteiger partial charge in [0.15, 0.2) is 0 Å². The molecule has 0 saturated carbocycles. The Morgan fingerprint density at radius 3 is 2.79 bits per heavy atom. The molecular weight excluding hydrogens is 418 g/mol. The van der Waals surface area contributed by atoms with E-state index in [1.165, 1.54) is 16.7 Å². The number of β-lactam (4-membered cyclic amide) rings is 1. The van der Waals surface area contributed by atoms with Crippen LogP contribution in [0.1, 0.15) is 20.3 Å². The lowest BCUT2D eigenvalue weighted by molar-refractivity contribution is -0.163. The number of nitrogens with two attached hydrogens (primary N) is 1. The summed E-state index contributed by atoms with van der Waals surface area (Å²) in [6, 6.07) is 0.0163. The Hall–Kier alpha value is -1.43. The Morgan fingerprint density at radius 1 is 1.45 bits per heavy atom. The van der Waals surface area contributed by atoms with Crippen LogP contribution in [0.2, 0.25) is 0 Å². The molecule has 11 heteroatoms. The van der Waals surface area contributed by atoms with E-state index in [1.54, 1.807) is 18.7 Å². The monoisotopic (exact) mass is 445 g/mol. The molecular formula is C18H27N3O6S2. The quantitative estimate of drug-likeness (QED) is 0.293. The number of hydrogen-bond donors (Lipinski definition) is 4. The molecule has 3 aliphatic heterocycles. The molecule has 5 N–H and O–H groups in total. The fraction of sp³-hybridized carbons (Fsp3) is 0.722. The van der Waals surface area contributed by atoms with E-state index < -0.39 is 24.1 Å². The minimum Gasteiger partial charge on any atom is -0.477 e. The number of fused-ring (bicyclic) bond motifs is 1. The molecule has 0 bridgehead atoms. The van der Waals surface area contributed by atoms with Gasteiger partial charge < -0.3 is 30.9 Å². The first kappa shape index (κ1) is 22.3. The Labute approximate surface area is 177 Å². The lowest BCUT2D eigenvalue weighted by atomic mass is 9.79. The molecule has 0 aromatic carbocycles. The van der Waals surface area contributed by atoms with Gasteiger partial charge in [0.25, 0.3) is 0 Å². The maximum atomic E-state index is 12.4. The molecule has 3 rings (SSSR count). The SMILES string of the molecule is C[C@H]1C(S[C@@H]2CN[C@H](CSCCOC(N)=O)C2)=C(C(=O)O)N2C(=O)[C@H]([C@@H](C)O)C12. The van der Waals surface area contributed by atoms with E-state index >= 15 is 0 Å². The van der Waals surface area contributed by atoms with Crippen LogP contribution in [0, 0.1) is 11.8 Å². The molecule has 29 heavy (non-hydrogen) atoms. The van der Waals surface area contributed by atoms with Crippen molar-refractivity contribution in [2.75, 3.05) is 24.7 Å². The molecule has 0 radical (unpaired) electrons. The molecule has 3 heterocycles. The third kappa shape index (κ3) is 4.52. The maximum Gasteiger partial charge on any atom is 0.404 e. The van der Waals surface area contributed by atoms with Crippen molar-refractivity contribution in [3.63, 3.8) is 0 Å². The number of aliphatic carboxylic acids is 1. The van der Waals surface area contributed by atoms with Crippen LogP contribution >= 0.6 is 23.5 Å². The number of thioether (sulfide) groups is 2. The van der Waals surface area contributed by atoms with Crippen molar-refractivity contribution in [2.45, 2.75) is 43.7 Å². The van der Waals surface area contributed by atoms with E-state index in [0.29, 0.717) is 11.8 Å². The molecule has 2 amide bonds. The number of nitrogens with zero attached hydrogens (tertiary/aromatic N) is 1. The summed E-state index contributed by atoms with van der Waals surface area (Å²) < 4.78 is 4.70. The average molecular weight is 446 g/mol. The van der Waals surface area contributed by atoms with Gasteiger partial charge in [-0.3, -0.25) is 4.79 Å². The summed E-state index contributed by atoms with van der Waals surface area (Å²) in [5.74, 6) is -0.511. The van der Waals surface area contributed by atoms with Crippen LogP contribution in [0.25, 0.3) is 0 Å². The molecule has 0 aromatic heterocycles. The molecule has 3 aliphatic rings. The van der Waals surface area contributed by atoms with Crippen molar-refractivity contribution < 1.29 is 29.3 Å². The van der Waals surface area contributed by atoms with Crippen molar-refractivity contribution in [3.05, 3.63) is 10.6 Å². The highest BCUT2D eigenvalue weighted by Gasteiger charge is 2.60. The highest BCUT2D eigenvalue weighted by Crippen LogP contribution is 2.51. The number of aliphatic hydroxyl groups excluding tert-OH is 1. The first-order valence-electron chi connectivity index (χ1n) is 9.61. The van der Waals surface area contributed by atoms with Crippen LogP contribution in [-0.4, -0.2) is 81.2 Å². The number of carboxylic acids is 1. The minimum absolute atomic E-state index is 0.0795. The van der Waals surface area contributed by atoms with Gasteiger partial charge >= 0.3 is 12.1 Å². The number of hydrogen-bond acceptors (Lipinski definition) is 8. The second kappa shape index (κ2) is 9.15. The normalized spacial score (nSPS) is 32.2. The van der Waals surface area contributed by atoms with Gasteiger partial charge in [0.05, 0.1) is 18.1 Å². The topological polar surface area (TPSA) is 142 Å². The fourth-order valence-corrected chi connectivity index (χ4v) is 6.71. The van der Waals surface area contributed by atoms with Gasteiger partial charge in [0.1, 0.15) is 12.3 Å². The first-order valence-corrected chi connectivity index (χ1v) is 11.6. The van der Waals surface area contributed by atoms with Crippen molar-refractivity contribution in [1.29, 1.82) is 0 Å². The zero-order valence-corrected chi connectivity index (χ0v) is 18.0. The third-order valence-electron chi connectivity index (χ3n) is 5.58. The molecule has 9 nitrogen and oxygen atoms in total. The second-order valence-electron chi connectivity index (χ2n) is 7.60. The lowest BCUT2D eigenvalue weighted by Crippen LogP contribution is -2.63. The molecule has 0 aliphatic carbocycles. The summed E-state index contributed by atoms with van der Waals surface area (Å²) in [4.78, 5) is 36.9. The summed E-state index contributed by atoms with van der Waals surface area (Å²) in [5, 5.41) is 23.3. The van der Waals surface area contributed by atoms with Gasteiger partial charge in [0, 0.05) is 40.2 Å². The number of nitrogens with one attached hydrogen (secondary N) is 1. The number of aliphatic hydroxyl groups is 1. The van der Waals surface area contributed by atoms with Crippen LogP contribution in [0.15, 0.2) is 10.6 Å². The largest absolute Gasteiger partial charge is 0.477 e. The summed E-state index contributed by atoms with van der Waals surface area (Å²) in [7, 11) is 0. The molecule has 6 atom stereocenters. The highest BCUT2D eigenvalue weighted by molar-refractivity contribution is 8.03. The number of carbonyl (C=O) groups excluding carboxylic acids is 2. The Morgan fingerprint density at radius 2 is 2.17 bits per heavy atom. The highest BCUT2D eigenvalue weighted by atomic mass is 32.2. The van der Waals surface area contributed by atoms with Gasteiger partial charge in [0.2, 0.25) is 5.91 Å². The van der Waals surface area contributed by atoms with Crippen LogP contribution in [0.5, 0.6) is 0 Å². The van der Waals surface area contributed by atoms with E-state index in [-0.39, 0.29) is 35.4 Å². The van der Waals surface area contributed by atoms with Gasteiger partial charge in [-0.05, 0) is 13.3 Å². The standard InChI is InChI=1S/C18H27N3O6S2/c1-8-13-12(9(2)22)16(23)21(13)14(17(24)25)15(8)29-11-5-10(20-6-11)7-28-4-3-27-18(19)26/h8-13,20,22H,3-7H2,1-2H3,(H2,19,26)(H,24,25)/t8-,9-,10+,11+,12-,13?/m1/s1. The van der Waals surface area contributed by atoms with Crippen LogP contribution in [0.4, 0.5) is 4.79 Å². The molecule has 0 spiro atoms. The average Bonchev–Trinajstić information content (AvgIpc) is 3.16. The molecule has 2 saturated heterocycles. The summed E-state index contributed by atoms with van der Waals surface area (Å²) >= 11 is 3.21. The smallest absolute Gasteiger partial charge is 0.404 e. The number of carboxylic acid groups (broad SMARTS) is 1. The van der Waals surface area contributed by atoms with Crippen LogP contribution in [-0.2, 0) is 14.3 Å². The zero-order valence-electron chi connectivity index (χ0n) is 16.4. The van der Waals surface area contributed by atoms with E-state index in [2.05, 4.69) is 5.32 Å². The van der Waals surface area contributed by atoms with Crippen molar-refractivity contribution >= 4 is 41.5 Å². The third-order valence-corrected chi connectivity index (χ3v) is 8.18. The Kier molecular flexibility index (Phi) is 7.02. The predicted octanol–water partition coefficient (Wildman–Crippen LogP) is 0.432. The molecule has 0 aromatic rings. The number of primary amides is 1. The first-order chi connectivity index (χ1) is 13.7. The van der Waals surface area contributed by atoms with Gasteiger partial charge in [-0.15, -0.1) is 11.8 Å². The summed E-state index contributed by atoms with van der Waals surface area (Å²) in [5.41, 5.74) is 5.00. The van der Waals surface area contributed by atoms with E-state index in [0.717, 1.165) is 23.6 Å². The summed E-state index contributed by atoms with van der Waals surface area (Å²) in [6.07, 6.45) is -0.676. The van der Waals surface area contributed by atoms with Crippen LogP contribution < -0.4 is 11.1 Å². The number of rotatable bonds is 9. The van der Waals surface area contributed by atoms with Gasteiger partial charge in [-0.25, -0.2) is 9.59 Å². The maximum absolute atomic E-state index is 12.4. The van der Waals surface area contributed by atoms with Gasteiger partial charge in [-0.2, -0.15) is 11.8 Å². The van der Waals surface area contributed by atoms with Crippen molar-refractivity contribution in [1.82, 2.24) is 10.2 Å².